The van der Waals surface area contributed by atoms with Crippen LogP contribution in [-0.4, -0.2) is 61.6 Å². The normalized spacial score (nSPS) is 14.8. The zero-order valence-corrected chi connectivity index (χ0v) is 20.6. The molecule has 10 heteroatoms. The molecular weight excluding hydrogens is 456 g/mol. The van der Waals surface area contributed by atoms with Gasteiger partial charge in [0.15, 0.2) is 0 Å². The van der Waals surface area contributed by atoms with Crippen molar-refractivity contribution in [3.05, 3.63) is 51.2 Å². The highest BCUT2D eigenvalue weighted by atomic mass is 32.1. The largest absolute Gasteiger partial charge is 0.339 e. The summed E-state index contributed by atoms with van der Waals surface area (Å²) in [6.07, 6.45) is 0. The number of rotatable bonds is 6. The smallest absolute Gasteiger partial charge is 0.242 e. The molecule has 0 unspecified atom stereocenters. The minimum absolute atomic E-state index is 0.148. The fourth-order valence-corrected chi connectivity index (χ4v) is 5.46. The minimum atomic E-state index is 0.148. The molecule has 1 amide bonds. The van der Waals surface area contributed by atoms with Crippen molar-refractivity contribution in [2.75, 3.05) is 26.2 Å². The second-order valence-electron chi connectivity index (χ2n) is 8.27. The predicted molar refractivity (Wildman–Crippen MR) is 129 cm³/mol. The lowest BCUT2D eigenvalue weighted by atomic mass is 10.2. The van der Waals surface area contributed by atoms with Crippen molar-refractivity contribution in [1.29, 1.82) is 0 Å². The summed E-state index contributed by atoms with van der Waals surface area (Å²) in [7, 11) is 0. The lowest BCUT2D eigenvalue weighted by Crippen LogP contribution is -2.49. The second kappa shape index (κ2) is 9.20. The average molecular weight is 483 g/mol. The third kappa shape index (κ3) is 4.64. The molecule has 0 spiro atoms. The van der Waals surface area contributed by atoms with Crippen LogP contribution in [0.5, 0.6) is 0 Å². The van der Waals surface area contributed by atoms with Gasteiger partial charge in [-0.1, -0.05) is 11.2 Å². The van der Waals surface area contributed by atoms with Crippen molar-refractivity contribution in [3.8, 4) is 22.0 Å². The molecule has 172 valence electrons. The van der Waals surface area contributed by atoms with E-state index in [0.717, 1.165) is 45.6 Å². The van der Waals surface area contributed by atoms with E-state index < -0.39 is 0 Å². The van der Waals surface area contributed by atoms with Gasteiger partial charge >= 0.3 is 0 Å². The number of hydrogen-bond acceptors (Lipinski definition) is 8. The molecule has 1 fully saturated rings. The van der Waals surface area contributed by atoms with Crippen LogP contribution >= 0.6 is 22.7 Å². The molecule has 5 rings (SSSR count). The van der Waals surface area contributed by atoms with Crippen LogP contribution in [0.4, 0.5) is 0 Å². The lowest BCUT2D eigenvalue weighted by Gasteiger charge is -2.34. The number of nitrogens with zero attached hydrogens (tertiary/aromatic N) is 6. The van der Waals surface area contributed by atoms with Crippen molar-refractivity contribution < 1.29 is 9.32 Å². The second-order valence-corrected chi connectivity index (χ2v) is 10.3. The summed E-state index contributed by atoms with van der Waals surface area (Å²) in [4.78, 5) is 27.4. The van der Waals surface area contributed by atoms with Crippen LogP contribution in [-0.2, 0) is 17.9 Å². The molecule has 4 aromatic rings. The van der Waals surface area contributed by atoms with Gasteiger partial charge in [0.25, 0.3) is 0 Å². The summed E-state index contributed by atoms with van der Waals surface area (Å²) in [5, 5.41) is 9.21. The highest BCUT2D eigenvalue weighted by Gasteiger charge is 2.24. The quantitative estimate of drug-likeness (QED) is 0.413. The Morgan fingerprint density at radius 3 is 2.64 bits per heavy atom. The first-order chi connectivity index (χ1) is 16.0. The van der Waals surface area contributed by atoms with Crippen molar-refractivity contribution in [1.82, 2.24) is 29.5 Å². The summed E-state index contributed by atoms with van der Waals surface area (Å²) in [5.41, 5.74) is 4.26. The van der Waals surface area contributed by atoms with E-state index in [1.54, 1.807) is 22.7 Å². The molecule has 0 N–H and O–H groups in total. The number of piperazine rings is 1. The highest BCUT2D eigenvalue weighted by molar-refractivity contribution is 7.13. The molecule has 0 radical (unpaired) electrons. The van der Waals surface area contributed by atoms with Gasteiger partial charge in [-0.2, -0.15) is 4.98 Å². The maximum Gasteiger partial charge on any atom is 0.242 e. The van der Waals surface area contributed by atoms with Gasteiger partial charge in [0, 0.05) is 48.5 Å². The standard InChI is InChI=1S/C23H26N6O2S2/c1-15-11-18(19-14-33-17(3)24-19)16(2)29(15)13-22(30)28-8-6-27(7-9-28)12-21-25-23(26-31-21)20-5-4-10-32-20/h4-5,10-11,14H,6-9,12-13H2,1-3H3. The maximum absolute atomic E-state index is 13.1. The Morgan fingerprint density at radius 1 is 1.12 bits per heavy atom. The number of thiophene rings is 1. The zero-order chi connectivity index (χ0) is 22.9. The molecule has 4 aromatic heterocycles. The molecule has 0 aliphatic carbocycles. The SMILES string of the molecule is Cc1nc(-c2cc(C)n(CC(=O)N3CCN(Cc4nc(-c5cccs5)no4)CC3)c2C)cs1. The summed E-state index contributed by atoms with van der Waals surface area (Å²) in [5.74, 6) is 1.40. The fraction of sp³-hybridized carbons (Fsp3) is 0.391. The predicted octanol–water partition coefficient (Wildman–Crippen LogP) is 3.99. The summed E-state index contributed by atoms with van der Waals surface area (Å²) in [6, 6.07) is 6.09. The Morgan fingerprint density at radius 2 is 1.94 bits per heavy atom. The number of amides is 1. The first-order valence-electron chi connectivity index (χ1n) is 10.9. The number of carbonyl (C=O) groups is 1. The van der Waals surface area contributed by atoms with Gasteiger partial charge in [-0.3, -0.25) is 9.69 Å². The van der Waals surface area contributed by atoms with Crippen LogP contribution in [0.3, 0.4) is 0 Å². The van der Waals surface area contributed by atoms with Gasteiger partial charge in [0.1, 0.15) is 6.54 Å². The van der Waals surface area contributed by atoms with Gasteiger partial charge in [-0.15, -0.1) is 22.7 Å². The van der Waals surface area contributed by atoms with Gasteiger partial charge in [0.05, 0.1) is 22.1 Å². The fourth-order valence-electron chi connectivity index (χ4n) is 4.20. The topological polar surface area (TPSA) is 80.3 Å². The van der Waals surface area contributed by atoms with Gasteiger partial charge < -0.3 is 14.0 Å². The van der Waals surface area contributed by atoms with Crippen LogP contribution in [0.25, 0.3) is 22.0 Å². The average Bonchev–Trinajstić information content (AvgIpc) is 3.60. The molecule has 8 nitrogen and oxygen atoms in total. The summed E-state index contributed by atoms with van der Waals surface area (Å²) in [6.45, 7) is 10.1. The Hall–Kier alpha value is -2.82. The van der Waals surface area contributed by atoms with Crippen molar-refractivity contribution in [3.63, 3.8) is 0 Å². The van der Waals surface area contributed by atoms with E-state index in [0.29, 0.717) is 37.9 Å². The Balaban J connectivity index is 1.17. The Bertz CT molecular complexity index is 1250. The van der Waals surface area contributed by atoms with Gasteiger partial charge in [-0.05, 0) is 38.3 Å². The van der Waals surface area contributed by atoms with Crippen LogP contribution < -0.4 is 0 Å². The van der Waals surface area contributed by atoms with Crippen molar-refractivity contribution >= 4 is 28.6 Å². The van der Waals surface area contributed by atoms with Crippen LogP contribution in [0.15, 0.2) is 33.5 Å². The summed E-state index contributed by atoms with van der Waals surface area (Å²) >= 11 is 3.24. The first kappa shape index (κ1) is 22.0. The van der Waals surface area contributed by atoms with Gasteiger partial charge in [0.2, 0.25) is 17.6 Å². The summed E-state index contributed by atoms with van der Waals surface area (Å²) < 4.78 is 7.53. The molecule has 0 saturated carbocycles. The minimum Gasteiger partial charge on any atom is -0.339 e. The molecule has 0 aromatic carbocycles. The molecule has 0 bridgehead atoms. The Labute approximate surface area is 200 Å². The molecule has 5 heterocycles. The molecule has 33 heavy (non-hydrogen) atoms. The zero-order valence-electron chi connectivity index (χ0n) is 18.9. The highest BCUT2D eigenvalue weighted by Crippen LogP contribution is 2.28. The van der Waals surface area contributed by atoms with Crippen molar-refractivity contribution in [2.24, 2.45) is 0 Å². The Kier molecular flexibility index (Phi) is 6.13. The maximum atomic E-state index is 13.1. The number of carbonyl (C=O) groups excluding carboxylic acids is 1. The lowest BCUT2D eigenvalue weighted by molar-refractivity contribution is -0.133. The van der Waals surface area contributed by atoms with Crippen molar-refractivity contribution in [2.45, 2.75) is 33.9 Å². The van der Waals surface area contributed by atoms with E-state index >= 15 is 0 Å². The van der Waals surface area contributed by atoms with E-state index in [-0.39, 0.29) is 5.91 Å². The number of aromatic nitrogens is 4. The number of hydrogen-bond donors (Lipinski definition) is 0. The monoisotopic (exact) mass is 482 g/mol. The molecule has 0 atom stereocenters. The third-order valence-corrected chi connectivity index (χ3v) is 7.69. The molecular formula is C23H26N6O2S2. The third-order valence-electron chi connectivity index (χ3n) is 6.06. The first-order valence-corrected chi connectivity index (χ1v) is 12.7. The van der Waals surface area contributed by atoms with E-state index in [9.17, 15) is 4.79 Å². The van der Waals surface area contributed by atoms with E-state index in [1.165, 1.54) is 0 Å². The molecule has 1 aliphatic heterocycles. The van der Waals surface area contributed by atoms with E-state index in [1.807, 2.05) is 29.3 Å². The van der Waals surface area contributed by atoms with E-state index in [2.05, 4.69) is 49.9 Å². The van der Waals surface area contributed by atoms with Crippen LogP contribution in [0, 0.1) is 20.8 Å². The van der Waals surface area contributed by atoms with E-state index in [4.69, 9.17) is 4.52 Å². The molecule has 1 saturated heterocycles. The van der Waals surface area contributed by atoms with Crippen LogP contribution in [0.2, 0.25) is 0 Å². The van der Waals surface area contributed by atoms with Crippen LogP contribution in [0.1, 0.15) is 22.3 Å². The molecule has 1 aliphatic rings. The van der Waals surface area contributed by atoms with Gasteiger partial charge in [-0.25, -0.2) is 4.98 Å². The number of aryl methyl sites for hydroxylation is 2. The number of thiazole rings is 1.